The number of hydrogen-bond donors (Lipinski definition) is 1. The average Bonchev–Trinajstić information content (AvgIpc) is 3.10. The molecule has 1 amide bonds. The zero-order valence-electron chi connectivity index (χ0n) is 14.3. The molecule has 4 rings (SSSR count). The van der Waals surface area contributed by atoms with Crippen LogP contribution < -0.4 is 5.32 Å². The van der Waals surface area contributed by atoms with Crippen LogP contribution in [0, 0.1) is 13.8 Å². The summed E-state index contributed by atoms with van der Waals surface area (Å²) in [4.78, 5) is 25.6. The van der Waals surface area contributed by atoms with Crippen LogP contribution in [-0.2, 0) is 0 Å². The Balaban J connectivity index is 1.80. The Labute approximate surface area is 149 Å². The fourth-order valence-electron chi connectivity index (χ4n) is 2.80. The summed E-state index contributed by atoms with van der Waals surface area (Å²) in [7, 11) is 0. The van der Waals surface area contributed by atoms with Gasteiger partial charge in [-0.1, -0.05) is 6.07 Å². The molecule has 4 heterocycles. The summed E-state index contributed by atoms with van der Waals surface area (Å²) in [6.07, 6.45) is 6.78. The van der Waals surface area contributed by atoms with Crippen molar-refractivity contribution in [3.05, 3.63) is 72.1 Å². The van der Waals surface area contributed by atoms with Crippen molar-refractivity contribution >= 4 is 17.4 Å². The number of hydrogen-bond acceptors (Lipinski definition) is 5. The van der Waals surface area contributed by atoms with Crippen molar-refractivity contribution in [2.24, 2.45) is 0 Å². The molecule has 128 valence electrons. The minimum atomic E-state index is -0.288. The van der Waals surface area contributed by atoms with E-state index >= 15 is 0 Å². The van der Waals surface area contributed by atoms with Gasteiger partial charge in [-0.3, -0.25) is 9.78 Å². The first kappa shape index (κ1) is 15.9. The van der Waals surface area contributed by atoms with E-state index in [4.69, 9.17) is 0 Å². The fourth-order valence-corrected chi connectivity index (χ4v) is 2.80. The largest absolute Gasteiger partial charge is 0.306 e. The smallest absolute Gasteiger partial charge is 0.260 e. The van der Waals surface area contributed by atoms with Crippen molar-refractivity contribution in [2.75, 3.05) is 5.32 Å². The Morgan fingerprint density at radius 3 is 2.88 bits per heavy atom. The second-order valence-electron chi connectivity index (χ2n) is 5.98. The van der Waals surface area contributed by atoms with E-state index in [0.717, 1.165) is 22.4 Å². The van der Waals surface area contributed by atoms with Crippen LogP contribution in [0.5, 0.6) is 0 Å². The molecule has 4 aromatic rings. The van der Waals surface area contributed by atoms with E-state index in [1.807, 2.05) is 38.2 Å². The van der Waals surface area contributed by atoms with Crippen LogP contribution in [0.2, 0.25) is 0 Å². The Morgan fingerprint density at radius 1 is 1.19 bits per heavy atom. The molecule has 0 aromatic carbocycles. The first-order valence-electron chi connectivity index (χ1n) is 8.11. The molecular formula is C19H16N6O. The molecule has 1 N–H and O–H groups in total. The zero-order valence-corrected chi connectivity index (χ0v) is 14.3. The summed E-state index contributed by atoms with van der Waals surface area (Å²) in [5.41, 5.74) is 4.58. The molecule has 7 nitrogen and oxygen atoms in total. The van der Waals surface area contributed by atoms with Gasteiger partial charge in [-0.25, -0.2) is 14.5 Å². The fraction of sp³-hybridized carbons (Fsp3) is 0.105. The predicted molar refractivity (Wildman–Crippen MR) is 97.9 cm³/mol. The number of nitrogens with zero attached hydrogens (tertiary/aromatic N) is 5. The summed E-state index contributed by atoms with van der Waals surface area (Å²) < 4.78 is 1.60. The van der Waals surface area contributed by atoms with Crippen molar-refractivity contribution in [2.45, 2.75) is 13.8 Å². The first-order chi connectivity index (χ1) is 12.6. The lowest BCUT2D eigenvalue weighted by molar-refractivity contribution is 0.102. The highest BCUT2D eigenvalue weighted by Gasteiger charge is 2.16. The Hall–Kier alpha value is -3.61. The number of amides is 1. The number of fused-ring (bicyclic) bond motifs is 1. The number of aromatic nitrogens is 5. The SMILES string of the molecule is Cc1cccc(NC(=O)c2cc(-c3cnccc3C)cn3ncnc23)n1. The van der Waals surface area contributed by atoms with Gasteiger partial charge in [0.1, 0.15) is 12.1 Å². The van der Waals surface area contributed by atoms with E-state index in [0.29, 0.717) is 17.0 Å². The lowest BCUT2D eigenvalue weighted by Gasteiger charge is -2.10. The Kier molecular flexibility index (Phi) is 3.89. The lowest BCUT2D eigenvalue weighted by Crippen LogP contribution is -2.15. The van der Waals surface area contributed by atoms with Crippen LogP contribution in [0.3, 0.4) is 0 Å². The van der Waals surface area contributed by atoms with Gasteiger partial charge in [-0.05, 0) is 43.7 Å². The maximum absolute atomic E-state index is 12.9. The molecule has 0 radical (unpaired) electrons. The molecule has 0 atom stereocenters. The van der Waals surface area contributed by atoms with Gasteiger partial charge in [0.15, 0.2) is 5.65 Å². The third-order valence-corrected chi connectivity index (χ3v) is 4.10. The van der Waals surface area contributed by atoms with E-state index in [9.17, 15) is 4.79 Å². The molecule has 0 aliphatic carbocycles. The van der Waals surface area contributed by atoms with E-state index in [1.54, 1.807) is 29.0 Å². The van der Waals surface area contributed by atoms with Gasteiger partial charge in [-0.2, -0.15) is 5.10 Å². The number of anilines is 1. The second-order valence-corrected chi connectivity index (χ2v) is 5.98. The minimum absolute atomic E-state index is 0.288. The zero-order chi connectivity index (χ0) is 18.1. The van der Waals surface area contributed by atoms with Crippen LogP contribution in [0.4, 0.5) is 5.82 Å². The number of pyridine rings is 3. The van der Waals surface area contributed by atoms with Crippen molar-refractivity contribution < 1.29 is 4.79 Å². The maximum Gasteiger partial charge on any atom is 0.260 e. The van der Waals surface area contributed by atoms with Crippen molar-refractivity contribution in [1.29, 1.82) is 0 Å². The average molecular weight is 344 g/mol. The predicted octanol–water partition coefficient (Wildman–Crippen LogP) is 3.06. The van der Waals surface area contributed by atoms with Crippen LogP contribution in [0.1, 0.15) is 21.6 Å². The highest BCUT2D eigenvalue weighted by molar-refractivity contribution is 6.08. The van der Waals surface area contributed by atoms with Gasteiger partial charge >= 0.3 is 0 Å². The molecule has 0 unspecified atom stereocenters. The van der Waals surface area contributed by atoms with Gasteiger partial charge in [0.25, 0.3) is 5.91 Å². The van der Waals surface area contributed by atoms with Crippen LogP contribution in [0.15, 0.2) is 55.2 Å². The summed E-state index contributed by atoms with van der Waals surface area (Å²) in [5.74, 6) is 0.208. The Morgan fingerprint density at radius 2 is 2.08 bits per heavy atom. The summed E-state index contributed by atoms with van der Waals surface area (Å²) in [6.45, 7) is 3.87. The molecule has 7 heteroatoms. The molecule has 0 bridgehead atoms. The quantitative estimate of drug-likeness (QED) is 0.617. The molecule has 0 saturated carbocycles. The normalized spacial score (nSPS) is 10.8. The van der Waals surface area contributed by atoms with Gasteiger partial charge in [0, 0.05) is 35.4 Å². The van der Waals surface area contributed by atoms with Gasteiger partial charge in [-0.15, -0.1) is 0 Å². The third kappa shape index (κ3) is 2.90. The number of nitrogens with one attached hydrogen (secondary N) is 1. The standard InChI is InChI=1S/C19H16N6O/c1-12-6-7-20-9-16(12)14-8-15(18-21-11-22-25(18)10-14)19(26)24-17-5-3-4-13(2)23-17/h3-11H,1-2H3,(H,23,24,26). The number of rotatable bonds is 3. The van der Waals surface area contributed by atoms with Crippen molar-refractivity contribution in [3.63, 3.8) is 0 Å². The topological polar surface area (TPSA) is 85.1 Å². The minimum Gasteiger partial charge on any atom is -0.306 e. The van der Waals surface area contributed by atoms with Crippen molar-refractivity contribution in [1.82, 2.24) is 24.6 Å². The van der Waals surface area contributed by atoms with E-state index < -0.39 is 0 Å². The van der Waals surface area contributed by atoms with Crippen LogP contribution in [0.25, 0.3) is 16.8 Å². The van der Waals surface area contributed by atoms with Crippen molar-refractivity contribution in [3.8, 4) is 11.1 Å². The van der Waals surface area contributed by atoms with Crippen LogP contribution in [-0.4, -0.2) is 30.5 Å². The highest BCUT2D eigenvalue weighted by atomic mass is 16.1. The van der Waals surface area contributed by atoms with E-state index in [1.165, 1.54) is 6.33 Å². The molecule has 0 aliphatic heterocycles. The monoisotopic (exact) mass is 344 g/mol. The summed E-state index contributed by atoms with van der Waals surface area (Å²) >= 11 is 0. The second kappa shape index (κ2) is 6.36. The number of carbonyl (C=O) groups is 1. The van der Waals surface area contributed by atoms with E-state index in [2.05, 4.69) is 25.4 Å². The Bertz CT molecular complexity index is 1120. The lowest BCUT2D eigenvalue weighted by atomic mass is 10.0. The summed E-state index contributed by atoms with van der Waals surface area (Å²) in [6, 6.07) is 9.20. The highest BCUT2D eigenvalue weighted by Crippen LogP contribution is 2.25. The molecule has 0 spiro atoms. The molecular weight excluding hydrogens is 328 g/mol. The number of aryl methyl sites for hydroxylation is 2. The molecule has 0 aliphatic rings. The van der Waals surface area contributed by atoms with Gasteiger partial charge in [0.2, 0.25) is 0 Å². The van der Waals surface area contributed by atoms with Gasteiger partial charge < -0.3 is 5.32 Å². The third-order valence-electron chi connectivity index (χ3n) is 4.10. The molecule has 26 heavy (non-hydrogen) atoms. The maximum atomic E-state index is 12.9. The van der Waals surface area contributed by atoms with E-state index in [-0.39, 0.29) is 5.91 Å². The van der Waals surface area contributed by atoms with Gasteiger partial charge in [0.05, 0.1) is 5.56 Å². The first-order valence-corrected chi connectivity index (χ1v) is 8.11. The molecule has 4 aromatic heterocycles. The summed E-state index contributed by atoms with van der Waals surface area (Å²) in [5, 5.41) is 7.02. The number of carbonyl (C=O) groups excluding carboxylic acids is 1. The van der Waals surface area contributed by atoms with Crippen LogP contribution >= 0.6 is 0 Å². The molecule has 0 saturated heterocycles. The molecule has 0 fully saturated rings.